The Kier molecular flexibility index (Phi) is 10.9. The minimum Gasteiger partial charge on any atom is -0.444 e. The fourth-order valence-electron chi connectivity index (χ4n) is 5.26. The van der Waals surface area contributed by atoms with E-state index >= 15 is 0 Å². The van der Waals surface area contributed by atoms with Gasteiger partial charge in [-0.15, -0.1) is 0 Å². The van der Waals surface area contributed by atoms with Crippen LogP contribution in [0.1, 0.15) is 97.1 Å². The van der Waals surface area contributed by atoms with Crippen molar-refractivity contribution in [3.05, 3.63) is 23.1 Å². The van der Waals surface area contributed by atoms with Gasteiger partial charge < -0.3 is 20.7 Å². The number of anilines is 1. The number of rotatable bonds is 13. The lowest BCUT2D eigenvalue weighted by Gasteiger charge is -2.29. The predicted molar refractivity (Wildman–Crippen MR) is 161 cm³/mol. The van der Waals surface area contributed by atoms with Crippen LogP contribution in [-0.4, -0.2) is 56.0 Å². The third kappa shape index (κ3) is 10.2. The largest absolute Gasteiger partial charge is 0.444 e. The van der Waals surface area contributed by atoms with Crippen LogP contribution in [0.5, 0.6) is 0 Å². The number of nitrogens with one attached hydrogen (secondary N) is 3. The van der Waals surface area contributed by atoms with Crippen molar-refractivity contribution in [1.29, 1.82) is 0 Å². The summed E-state index contributed by atoms with van der Waals surface area (Å²) in [5, 5.41) is 14.5. The van der Waals surface area contributed by atoms with Crippen LogP contribution in [0.15, 0.2) is 12.4 Å². The number of halogens is 1. The summed E-state index contributed by atoms with van der Waals surface area (Å²) in [4.78, 5) is 33.3. The maximum atomic E-state index is 12.5. The van der Waals surface area contributed by atoms with Crippen LogP contribution < -0.4 is 16.0 Å². The minimum atomic E-state index is -0.484. The Bertz CT molecular complexity index is 1170. The molecule has 2 aliphatic carbocycles. The summed E-state index contributed by atoms with van der Waals surface area (Å²) in [5.41, 5.74) is 2.40. The molecule has 0 radical (unpaired) electrons. The van der Waals surface area contributed by atoms with Gasteiger partial charge in [-0.1, -0.05) is 24.4 Å². The zero-order valence-electron chi connectivity index (χ0n) is 25.0. The van der Waals surface area contributed by atoms with Gasteiger partial charge in [-0.25, -0.2) is 14.8 Å². The van der Waals surface area contributed by atoms with Crippen LogP contribution in [-0.2, 0) is 23.0 Å². The second-order valence-electron chi connectivity index (χ2n) is 12.5. The highest BCUT2D eigenvalue weighted by molar-refractivity contribution is 6.33. The molecule has 2 amide bonds. The van der Waals surface area contributed by atoms with E-state index < -0.39 is 5.60 Å². The van der Waals surface area contributed by atoms with Gasteiger partial charge in [0.1, 0.15) is 5.60 Å². The van der Waals surface area contributed by atoms with Gasteiger partial charge in [0.2, 0.25) is 11.9 Å². The highest BCUT2D eigenvalue weighted by Crippen LogP contribution is 2.37. The molecule has 3 N–H and O–H groups in total. The van der Waals surface area contributed by atoms with Crippen molar-refractivity contribution < 1.29 is 14.3 Å². The number of unbranched alkanes of at least 4 members (excludes halogenated alkanes) is 3. The van der Waals surface area contributed by atoms with Gasteiger partial charge in [-0.2, -0.15) is 5.10 Å². The highest BCUT2D eigenvalue weighted by Gasteiger charge is 2.27. The van der Waals surface area contributed by atoms with Crippen LogP contribution in [0.4, 0.5) is 10.7 Å². The lowest BCUT2D eigenvalue weighted by molar-refractivity contribution is -0.122. The molecule has 0 saturated heterocycles. The SMILES string of the molecule is Cn1ncc(-c2nc(NC3CCC(NC(=O)CCCCCCNC(=O)OC(C)(C)C)CC3)ncc2Cl)c1CC1CC1. The quantitative estimate of drug-likeness (QED) is 0.253. The number of amides is 2. The van der Waals surface area contributed by atoms with E-state index in [0.29, 0.717) is 23.9 Å². The average Bonchev–Trinajstić information content (AvgIpc) is 3.66. The summed E-state index contributed by atoms with van der Waals surface area (Å²) < 4.78 is 7.16. The Morgan fingerprint density at radius 2 is 1.73 bits per heavy atom. The predicted octanol–water partition coefficient (Wildman–Crippen LogP) is 5.80. The molecule has 226 valence electrons. The fraction of sp³-hybridized carbons (Fsp3) is 0.700. The van der Waals surface area contributed by atoms with Gasteiger partial charge in [-0.3, -0.25) is 9.48 Å². The lowest BCUT2D eigenvalue weighted by Crippen LogP contribution is -2.40. The minimum absolute atomic E-state index is 0.123. The third-order valence-electron chi connectivity index (χ3n) is 7.66. The zero-order valence-corrected chi connectivity index (χ0v) is 25.7. The molecular weight excluding hydrogens is 542 g/mol. The number of ether oxygens (including phenoxy) is 1. The van der Waals surface area contributed by atoms with Crippen molar-refractivity contribution in [2.45, 2.75) is 116 Å². The molecule has 0 bridgehead atoms. The first-order valence-corrected chi connectivity index (χ1v) is 15.5. The van der Waals surface area contributed by atoms with Gasteiger partial charge in [0, 0.05) is 43.4 Å². The summed E-state index contributed by atoms with van der Waals surface area (Å²) in [5.74, 6) is 1.44. The second-order valence-corrected chi connectivity index (χ2v) is 12.9. The number of aryl methyl sites for hydroxylation is 1. The van der Waals surface area contributed by atoms with Gasteiger partial charge in [-0.05, 0) is 84.5 Å². The Hall–Kier alpha value is -2.88. The molecule has 2 aliphatic rings. The molecule has 0 unspecified atom stereocenters. The lowest BCUT2D eigenvalue weighted by atomic mass is 9.91. The van der Waals surface area contributed by atoms with E-state index in [0.717, 1.165) is 75.0 Å². The van der Waals surface area contributed by atoms with Gasteiger partial charge in [0.05, 0.1) is 23.1 Å². The fourth-order valence-corrected chi connectivity index (χ4v) is 5.45. The Labute approximate surface area is 248 Å². The van der Waals surface area contributed by atoms with E-state index in [2.05, 4.69) is 26.0 Å². The number of hydrogen-bond donors (Lipinski definition) is 3. The van der Waals surface area contributed by atoms with Crippen LogP contribution in [0.3, 0.4) is 0 Å². The Morgan fingerprint density at radius 1 is 1.02 bits per heavy atom. The smallest absolute Gasteiger partial charge is 0.407 e. The molecule has 4 rings (SSSR count). The maximum Gasteiger partial charge on any atom is 0.407 e. The van der Waals surface area contributed by atoms with Crippen molar-refractivity contribution in [1.82, 2.24) is 30.4 Å². The summed E-state index contributed by atoms with van der Waals surface area (Å²) in [6, 6.07) is 0.465. The molecular formula is C30H46ClN7O3. The molecule has 2 saturated carbocycles. The molecule has 0 spiro atoms. The summed E-state index contributed by atoms with van der Waals surface area (Å²) in [6.07, 6.45) is 14.6. The van der Waals surface area contributed by atoms with Crippen molar-refractivity contribution >= 4 is 29.5 Å². The van der Waals surface area contributed by atoms with E-state index in [-0.39, 0.29) is 24.1 Å². The Morgan fingerprint density at radius 3 is 2.44 bits per heavy atom. The number of carbonyl (C=O) groups excluding carboxylic acids is 2. The number of aromatic nitrogens is 4. The van der Waals surface area contributed by atoms with E-state index in [1.807, 2.05) is 38.7 Å². The zero-order chi connectivity index (χ0) is 29.4. The molecule has 10 nitrogen and oxygen atoms in total. The average molecular weight is 588 g/mol. The normalized spacial score (nSPS) is 19.0. The number of alkyl carbamates (subject to hydrolysis) is 1. The van der Waals surface area contributed by atoms with Gasteiger partial charge >= 0.3 is 6.09 Å². The van der Waals surface area contributed by atoms with Gasteiger partial charge in [0.25, 0.3) is 0 Å². The second kappa shape index (κ2) is 14.3. The standard InChI is InChI=1S/C30H46ClN7O3/c1-30(2,3)41-29(40)32-16-8-6-5-7-9-26(39)35-21-12-14-22(15-13-21)36-28-33-19-24(31)27(37-28)23-18-34-38(4)25(23)17-20-10-11-20/h18-22H,5-17H2,1-4H3,(H,32,40)(H,35,39)(H,33,36,37). The molecule has 2 fully saturated rings. The Balaban J connectivity index is 1.13. The first kappa shape index (κ1) is 31.1. The van der Waals surface area contributed by atoms with Crippen molar-refractivity contribution in [3.63, 3.8) is 0 Å². The first-order valence-electron chi connectivity index (χ1n) is 15.1. The van der Waals surface area contributed by atoms with Crippen molar-refractivity contribution in [3.8, 4) is 11.3 Å². The van der Waals surface area contributed by atoms with Crippen molar-refractivity contribution in [2.24, 2.45) is 13.0 Å². The molecule has 2 heterocycles. The molecule has 0 atom stereocenters. The molecule has 41 heavy (non-hydrogen) atoms. The number of carbonyl (C=O) groups is 2. The monoisotopic (exact) mass is 587 g/mol. The van der Waals surface area contributed by atoms with Gasteiger partial charge in [0.15, 0.2) is 0 Å². The van der Waals surface area contributed by atoms with Crippen molar-refractivity contribution in [2.75, 3.05) is 11.9 Å². The molecule has 0 aromatic carbocycles. The first-order chi connectivity index (χ1) is 19.6. The number of hydrogen-bond acceptors (Lipinski definition) is 7. The van der Waals surface area contributed by atoms with Crippen LogP contribution in [0.2, 0.25) is 5.02 Å². The topological polar surface area (TPSA) is 123 Å². The molecule has 2 aromatic rings. The molecule has 2 aromatic heterocycles. The molecule has 0 aliphatic heterocycles. The van der Waals surface area contributed by atoms with Crippen LogP contribution in [0.25, 0.3) is 11.3 Å². The molecule has 11 heteroatoms. The van der Waals surface area contributed by atoms with E-state index in [1.165, 1.54) is 18.5 Å². The highest BCUT2D eigenvalue weighted by atomic mass is 35.5. The van der Waals surface area contributed by atoms with E-state index in [9.17, 15) is 9.59 Å². The third-order valence-corrected chi connectivity index (χ3v) is 7.94. The summed E-state index contributed by atoms with van der Waals surface area (Å²) in [6.45, 7) is 6.13. The number of nitrogens with zero attached hydrogens (tertiary/aromatic N) is 4. The van der Waals surface area contributed by atoms with E-state index in [1.54, 1.807) is 6.20 Å². The van der Waals surface area contributed by atoms with Crippen LogP contribution in [0, 0.1) is 5.92 Å². The van der Waals surface area contributed by atoms with E-state index in [4.69, 9.17) is 21.3 Å². The van der Waals surface area contributed by atoms with Crippen LogP contribution >= 0.6 is 11.6 Å². The maximum absolute atomic E-state index is 12.5. The summed E-state index contributed by atoms with van der Waals surface area (Å²) in [7, 11) is 1.97. The summed E-state index contributed by atoms with van der Waals surface area (Å²) >= 11 is 6.52.